The van der Waals surface area contributed by atoms with Gasteiger partial charge in [-0.15, -0.1) is 0 Å². The van der Waals surface area contributed by atoms with E-state index >= 15 is 0 Å². The van der Waals surface area contributed by atoms with Gasteiger partial charge in [-0.3, -0.25) is 0 Å². The van der Waals surface area contributed by atoms with Crippen molar-refractivity contribution in [2.75, 3.05) is 13.2 Å². The average Bonchev–Trinajstić information content (AvgIpc) is 2.82. The summed E-state index contributed by atoms with van der Waals surface area (Å²) in [6.45, 7) is 4.93. The van der Waals surface area contributed by atoms with Crippen LogP contribution in [0.25, 0.3) is 0 Å². The Balaban J connectivity index is 1.89. The van der Waals surface area contributed by atoms with Gasteiger partial charge < -0.3 is 15.2 Å². The van der Waals surface area contributed by atoms with E-state index in [9.17, 15) is 9.50 Å². The Morgan fingerprint density at radius 2 is 2.29 bits per heavy atom. The number of ether oxygens (including phenoxy) is 1. The van der Waals surface area contributed by atoms with Gasteiger partial charge in [-0.25, -0.2) is 4.39 Å². The second-order valence-electron chi connectivity index (χ2n) is 6.30. The maximum absolute atomic E-state index is 13.1. The standard InChI is InChI=1S/C17H26FNO2/c1-13(2)19-17(12-20)9-4-5-14(17)8-10-21-16-7-3-6-15(18)11-16/h3,6-7,11,13-14,19-20H,4-5,8-10,12H2,1-2H3. The van der Waals surface area contributed by atoms with Crippen LogP contribution in [0.1, 0.15) is 39.5 Å². The molecule has 2 N–H and O–H groups in total. The lowest BCUT2D eigenvalue weighted by atomic mass is 9.85. The van der Waals surface area contributed by atoms with Crippen molar-refractivity contribution in [3.8, 4) is 5.75 Å². The summed E-state index contributed by atoms with van der Waals surface area (Å²) in [5.41, 5.74) is -0.181. The van der Waals surface area contributed by atoms with Crippen LogP contribution in [0.15, 0.2) is 24.3 Å². The van der Waals surface area contributed by atoms with E-state index in [4.69, 9.17) is 4.74 Å². The van der Waals surface area contributed by atoms with Crippen molar-refractivity contribution in [1.82, 2.24) is 5.32 Å². The molecule has 2 unspecified atom stereocenters. The minimum atomic E-state index is -0.278. The Bertz CT molecular complexity index is 452. The summed E-state index contributed by atoms with van der Waals surface area (Å²) in [6.07, 6.45) is 4.11. The smallest absolute Gasteiger partial charge is 0.126 e. The van der Waals surface area contributed by atoms with E-state index in [1.54, 1.807) is 12.1 Å². The molecule has 0 aromatic heterocycles. The van der Waals surface area contributed by atoms with E-state index in [2.05, 4.69) is 19.2 Å². The minimum Gasteiger partial charge on any atom is -0.493 e. The van der Waals surface area contributed by atoms with Gasteiger partial charge in [0.25, 0.3) is 0 Å². The van der Waals surface area contributed by atoms with Gasteiger partial charge in [-0.2, -0.15) is 0 Å². The predicted molar refractivity (Wildman–Crippen MR) is 81.9 cm³/mol. The first kappa shape index (κ1) is 16.2. The normalized spacial score (nSPS) is 25.5. The minimum absolute atomic E-state index is 0.163. The molecular formula is C17H26FNO2. The van der Waals surface area contributed by atoms with Gasteiger partial charge in [0.05, 0.1) is 13.2 Å². The molecular weight excluding hydrogens is 269 g/mol. The lowest BCUT2D eigenvalue weighted by Crippen LogP contribution is -2.54. The third-order valence-electron chi connectivity index (χ3n) is 4.35. The van der Waals surface area contributed by atoms with E-state index in [-0.39, 0.29) is 18.0 Å². The molecule has 1 aromatic carbocycles. The molecule has 0 aliphatic heterocycles. The molecule has 0 spiro atoms. The zero-order valence-electron chi connectivity index (χ0n) is 12.9. The molecule has 0 radical (unpaired) electrons. The molecule has 1 saturated carbocycles. The molecule has 2 rings (SSSR count). The summed E-state index contributed by atoms with van der Waals surface area (Å²) >= 11 is 0. The van der Waals surface area contributed by atoms with E-state index in [0.717, 1.165) is 25.7 Å². The number of benzene rings is 1. The first-order valence-corrected chi connectivity index (χ1v) is 7.83. The first-order chi connectivity index (χ1) is 10.1. The Morgan fingerprint density at radius 1 is 1.48 bits per heavy atom. The van der Waals surface area contributed by atoms with E-state index in [1.807, 2.05) is 0 Å². The highest BCUT2D eigenvalue weighted by molar-refractivity contribution is 5.22. The Kier molecular flexibility index (Phi) is 5.59. The number of nitrogens with one attached hydrogen (secondary N) is 1. The Hall–Kier alpha value is -1.13. The molecule has 0 heterocycles. The van der Waals surface area contributed by atoms with Crippen molar-refractivity contribution < 1.29 is 14.2 Å². The third-order valence-corrected chi connectivity index (χ3v) is 4.35. The van der Waals surface area contributed by atoms with Gasteiger partial charge in [-0.05, 0) is 37.3 Å². The van der Waals surface area contributed by atoms with Crippen LogP contribution in [-0.4, -0.2) is 29.9 Å². The lowest BCUT2D eigenvalue weighted by Gasteiger charge is -2.37. The Morgan fingerprint density at radius 3 is 2.95 bits per heavy atom. The molecule has 0 amide bonds. The summed E-state index contributed by atoms with van der Waals surface area (Å²) in [5.74, 6) is 0.692. The largest absolute Gasteiger partial charge is 0.493 e. The number of halogens is 1. The molecule has 118 valence electrons. The van der Waals surface area contributed by atoms with E-state index in [1.165, 1.54) is 12.1 Å². The van der Waals surface area contributed by atoms with Gasteiger partial charge in [0.2, 0.25) is 0 Å². The van der Waals surface area contributed by atoms with Crippen LogP contribution in [0.4, 0.5) is 4.39 Å². The second kappa shape index (κ2) is 7.23. The molecule has 1 aliphatic rings. The van der Waals surface area contributed by atoms with Crippen LogP contribution >= 0.6 is 0 Å². The number of aliphatic hydroxyl groups is 1. The SMILES string of the molecule is CC(C)NC1(CO)CCCC1CCOc1cccc(F)c1. The van der Waals surface area contributed by atoms with Gasteiger partial charge in [-0.1, -0.05) is 26.3 Å². The molecule has 0 bridgehead atoms. The van der Waals surface area contributed by atoms with Gasteiger partial charge in [0, 0.05) is 17.6 Å². The summed E-state index contributed by atoms with van der Waals surface area (Å²) in [6, 6.07) is 6.58. The van der Waals surface area contributed by atoms with Crippen molar-refractivity contribution >= 4 is 0 Å². The molecule has 3 nitrogen and oxygen atoms in total. The Labute approximate surface area is 126 Å². The fraction of sp³-hybridized carbons (Fsp3) is 0.647. The molecule has 1 aliphatic carbocycles. The van der Waals surface area contributed by atoms with Crippen LogP contribution in [0.3, 0.4) is 0 Å². The van der Waals surface area contributed by atoms with Crippen LogP contribution in [0, 0.1) is 11.7 Å². The van der Waals surface area contributed by atoms with Crippen LogP contribution in [0.2, 0.25) is 0 Å². The zero-order chi connectivity index (χ0) is 15.3. The first-order valence-electron chi connectivity index (χ1n) is 7.83. The van der Waals surface area contributed by atoms with Gasteiger partial charge in [0.15, 0.2) is 0 Å². The van der Waals surface area contributed by atoms with Crippen LogP contribution in [0.5, 0.6) is 5.75 Å². The highest BCUT2D eigenvalue weighted by Crippen LogP contribution is 2.38. The third kappa shape index (κ3) is 4.17. The highest BCUT2D eigenvalue weighted by atomic mass is 19.1. The number of hydrogen-bond acceptors (Lipinski definition) is 3. The maximum atomic E-state index is 13.1. The molecule has 21 heavy (non-hydrogen) atoms. The topological polar surface area (TPSA) is 41.5 Å². The number of aliphatic hydroxyl groups excluding tert-OH is 1. The van der Waals surface area contributed by atoms with Gasteiger partial charge in [0.1, 0.15) is 11.6 Å². The van der Waals surface area contributed by atoms with Gasteiger partial charge >= 0.3 is 0 Å². The number of hydrogen-bond donors (Lipinski definition) is 2. The monoisotopic (exact) mass is 295 g/mol. The average molecular weight is 295 g/mol. The zero-order valence-corrected chi connectivity index (χ0v) is 12.9. The number of rotatable bonds is 7. The molecule has 0 saturated heterocycles. The second-order valence-corrected chi connectivity index (χ2v) is 6.30. The van der Waals surface area contributed by atoms with E-state index in [0.29, 0.717) is 24.3 Å². The fourth-order valence-corrected chi connectivity index (χ4v) is 3.46. The van der Waals surface area contributed by atoms with Crippen molar-refractivity contribution in [1.29, 1.82) is 0 Å². The van der Waals surface area contributed by atoms with Crippen molar-refractivity contribution in [2.24, 2.45) is 5.92 Å². The maximum Gasteiger partial charge on any atom is 0.126 e. The quantitative estimate of drug-likeness (QED) is 0.812. The predicted octanol–water partition coefficient (Wildman–Crippen LogP) is 3.12. The van der Waals surface area contributed by atoms with E-state index < -0.39 is 0 Å². The van der Waals surface area contributed by atoms with Crippen LogP contribution in [-0.2, 0) is 0 Å². The fourth-order valence-electron chi connectivity index (χ4n) is 3.46. The molecule has 1 aromatic rings. The van der Waals surface area contributed by atoms with Crippen molar-refractivity contribution in [3.05, 3.63) is 30.1 Å². The summed E-state index contributed by atoms with van der Waals surface area (Å²) in [5, 5.41) is 13.4. The summed E-state index contributed by atoms with van der Waals surface area (Å²) < 4.78 is 18.7. The molecule has 1 fully saturated rings. The molecule has 2 atom stereocenters. The molecule has 4 heteroatoms. The van der Waals surface area contributed by atoms with Crippen molar-refractivity contribution in [3.63, 3.8) is 0 Å². The summed E-state index contributed by atoms with van der Waals surface area (Å²) in [4.78, 5) is 0. The lowest BCUT2D eigenvalue weighted by molar-refractivity contribution is 0.102. The summed E-state index contributed by atoms with van der Waals surface area (Å²) in [7, 11) is 0. The van der Waals surface area contributed by atoms with Crippen LogP contribution < -0.4 is 10.1 Å². The van der Waals surface area contributed by atoms with Crippen molar-refractivity contribution in [2.45, 2.75) is 51.1 Å². The highest BCUT2D eigenvalue weighted by Gasteiger charge is 2.42.